The summed E-state index contributed by atoms with van der Waals surface area (Å²) in [6.45, 7) is 1.78. The van der Waals surface area contributed by atoms with Crippen LogP contribution in [0, 0.1) is 11.3 Å². The van der Waals surface area contributed by atoms with Gasteiger partial charge in [-0.2, -0.15) is 5.10 Å². The Bertz CT molecular complexity index is 680. The molecule has 1 amide bonds. The first kappa shape index (κ1) is 12.8. The van der Waals surface area contributed by atoms with E-state index in [0.717, 1.165) is 48.9 Å². The summed E-state index contributed by atoms with van der Waals surface area (Å²) in [4.78, 5) is 13.0. The van der Waals surface area contributed by atoms with Gasteiger partial charge in [0, 0.05) is 11.9 Å². The lowest BCUT2D eigenvalue weighted by Crippen LogP contribution is -2.44. The van der Waals surface area contributed by atoms with Crippen LogP contribution in [0.1, 0.15) is 25.7 Å². The first-order valence-electron chi connectivity index (χ1n) is 7.74. The molecule has 0 bridgehead atoms. The minimum atomic E-state index is -0.222. The van der Waals surface area contributed by atoms with Crippen LogP contribution >= 0.6 is 0 Å². The highest BCUT2D eigenvalue weighted by Crippen LogP contribution is 2.44. The molecule has 2 fully saturated rings. The first-order valence-corrected chi connectivity index (χ1v) is 7.74. The minimum Gasteiger partial charge on any atom is -0.324 e. The van der Waals surface area contributed by atoms with E-state index >= 15 is 0 Å². The zero-order chi connectivity index (χ0) is 14.3. The van der Waals surface area contributed by atoms with Crippen LogP contribution in [-0.2, 0) is 4.79 Å². The Balaban J connectivity index is 1.64. The molecular weight excluding hydrogens is 264 g/mol. The molecule has 0 radical (unpaired) electrons. The summed E-state index contributed by atoms with van der Waals surface area (Å²) in [5, 5.41) is 14.6. The smallest absolute Gasteiger partial charge is 0.232 e. The summed E-state index contributed by atoms with van der Waals surface area (Å²) in [5.41, 5.74) is 1.52. The molecule has 5 nitrogen and oxygen atoms in total. The summed E-state index contributed by atoms with van der Waals surface area (Å²) >= 11 is 0. The molecule has 110 valence electrons. The van der Waals surface area contributed by atoms with Gasteiger partial charge in [-0.15, -0.1) is 0 Å². The number of rotatable bonds is 2. The number of H-pyrrole nitrogens is 1. The molecular formula is C16H20N4O. The molecule has 2 heterocycles. The lowest BCUT2D eigenvalue weighted by atomic mass is 9.67. The highest BCUT2D eigenvalue weighted by Gasteiger charge is 2.49. The normalized spacial score (nSPS) is 28.5. The number of aromatic nitrogens is 2. The van der Waals surface area contributed by atoms with Gasteiger partial charge in [-0.05, 0) is 31.4 Å². The zero-order valence-electron chi connectivity index (χ0n) is 12.0. The standard InChI is InChI=1S/C16H20N4O/c21-15(16-7-2-1-5-12(16)9-17-10-16)19-13-6-3-4-11-8-18-20-14(11)13/h3-4,6,8,12,17H,1-2,5,7,9-10H2,(H,18,20)(H,19,21)/t12-,16+/m0/s1. The van der Waals surface area contributed by atoms with Gasteiger partial charge in [0.2, 0.25) is 5.91 Å². The highest BCUT2D eigenvalue weighted by molar-refractivity contribution is 6.02. The zero-order valence-corrected chi connectivity index (χ0v) is 12.0. The lowest BCUT2D eigenvalue weighted by molar-refractivity contribution is -0.128. The van der Waals surface area contributed by atoms with Crippen LogP contribution in [0.25, 0.3) is 10.9 Å². The number of benzene rings is 1. The molecule has 2 atom stereocenters. The molecule has 1 saturated carbocycles. The fraction of sp³-hybridized carbons (Fsp3) is 0.500. The van der Waals surface area contributed by atoms with Gasteiger partial charge < -0.3 is 10.6 Å². The average Bonchev–Trinajstić information content (AvgIpc) is 3.14. The lowest BCUT2D eigenvalue weighted by Gasteiger charge is -2.37. The summed E-state index contributed by atoms with van der Waals surface area (Å²) in [5.74, 6) is 0.645. The summed E-state index contributed by atoms with van der Waals surface area (Å²) in [7, 11) is 0. The topological polar surface area (TPSA) is 69.8 Å². The van der Waals surface area contributed by atoms with E-state index in [2.05, 4.69) is 20.8 Å². The van der Waals surface area contributed by atoms with E-state index < -0.39 is 0 Å². The fourth-order valence-electron chi connectivity index (χ4n) is 4.01. The van der Waals surface area contributed by atoms with Gasteiger partial charge in [0.05, 0.1) is 22.8 Å². The third kappa shape index (κ3) is 1.95. The second-order valence-corrected chi connectivity index (χ2v) is 6.32. The van der Waals surface area contributed by atoms with E-state index in [-0.39, 0.29) is 11.3 Å². The molecule has 4 rings (SSSR count). The van der Waals surface area contributed by atoms with Crippen LogP contribution < -0.4 is 10.6 Å². The maximum absolute atomic E-state index is 13.0. The number of aromatic amines is 1. The van der Waals surface area contributed by atoms with E-state index in [1.165, 1.54) is 6.42 Å². The molecule has 0 unspecified atom stereocenters. The van der Waals surface area contributed by atoms with Crippen molar-refractivity contribution in [1.29, 1.82) is 0 Å². The molecule has 3 N–H and O–H groups in total. The van der Waals surface area contributed by atoms with E-state index in [9.17, 15) is 4.79 Å². The predicted molar refractivity (Wildman–Crippen MR) is 82.0 cm³/mol. The number of carbonyl (C=O) groups is 1. The van der Waals surface area contributed by atoms with Gasteiger partial charge in [-0.1, -0.05) is 25.0 Å². The Morgan fingerprint density at radius 1 is 1.38 bits per heavy atom. The van der Waals surface area contributed by atoms with Gasteiger partial charge in [0.1, 0.15) is 0 Å². The van der Waals surface area contributed by atoms with Gasteiger partial charge in [-0.3, -0.25) is 9.89 Å². The van der Waals surface area contributed by atoms with Crippen LogP contribution in [0.3, 0.4) is 0 Å². The maximum atomic E-state index is 13.0. The summed E-state index contributed by atoms with van der Waals surface area (Å²) in [6.07, 6.45) is 6.34. The predicted octanol–water partition coefficient (Wildman–Crippen LogP) is 2.28. The van der Waals surface area contributed by atoms with Crippen LogP contribution in [0.4, 0.5) is 5.69 Å². The number of hydrogen-bond donors (Lipinski definition) is 3. The molecule has 2 aliphatic rings. The summed E-state index contributed by atoms with van der Waals surface area (Å²) in [6, 6.07) is 5.89. The second kappa shape index (κ2) is 4.84. The third-order valence-electron chi connectivity index (χ3n) is 5.22. The Kier molecular flexibility index (Phi) is 2.96. The third-order valence-corrected chi connectivity index (χ3v) is 5.22. The number of para-hydroxylation sites is 1. The van der Waals surface area contributed by atoms with Gasteiger partial charge in [0.15, 0.2) is 0 Å². The number of nitrogens with one attached hydrogen (secondary N) is 3. The Labute approximate surface area is 123 Å². The first-order chi connectivity index (χ1) is 10.3. The van der Waals surface area contributed by atoms with Crippen molar-refractivity contribution < 1.29 is 4.79 Å². The maximum Gasteiger partial charge on any atom is 0.232 e. The number of fused-ring (bicyclic) bond motifs is 2. The average molecular weight is 284 g/mol. The van der Waals surface area contributed by atoms with E-state index in [1.807, 2.05) is 18.2 Å². The van der Waals surface area contributed by atoms with Crippen molar-refractivity contribution in [2.75, 3.05) is 18.4 Å². The van der Waals surface area contributed by atoms with Crippen LogP contribution in [0.2, 0.25) is 0 Å². The van der Waals surface area contributed by atoms with Crippen molar-refractivity contribution >= 4 is 22.5 Å². The molecule has 1 aliphatic carbocycles. The number of amides is 1. The van der Waals surface area contributed by atoms with Gasteiger partial charge >= 0.3 is 0 Å². The highest BCUT2D eigenvalue weighted by atomic mass is 16.2. The van der Waals surface area contributed by atoms with Gasteiger partial charge in [-0.25, -0.2) is 0 Å². The number of nitrogens with zero attached hydrogens (tertiary/aromatic N) is 1. The quantitative estimate of drug-likeness (QED) is 0.792. The Morgan fingerprint density at radius 3 is 3.29 bits per heavy atom. The van der Waals surface area contributed by atoms with E-state index in [4.69, 9.17) is 0 Å². The Hall–Kier alpha value is -1.88. The molecule has 2 aromatic rings. The Morgan fingerprint density at radius 2 is 2.33 bits per heavy atom. The summed E-state index contributed by atoms with van der Waals surface area (Å²) < 4.78 is 0. The SMILES string of the molecule is O=C(Nc1cccc2cn[nH]c12)[C@@]12CCCC[C@H]1CNC2. The number of carbonyl (C=O) groups excluding carboxylic acids is 1. The van der Waals surface area contributed by atoms with Crippen molar-refractivity contribution in [2.45, 2.75) is 25.7 Å². The number of anilines is 1. The molecule has 1 aliphatic heterocycles. The molecule has 5 heteroatoms. The van der Waals surface area contributed by atoms with E-state index in [1.54, 1.807) is 6.20 Å². The van der Waals surface area contributed by atoms with Crippen LogP contribution in [0.5, 0.6) is 0 Å². The second-order valence-electron chi connectivity index (χ2n) is 6.32. The molecule has 1 saturated heterocycles. The van der Waals surface area contributed by atoms with Crippen molar-refractivity contribution in [3.05, 3.63) is 24.4 Å². The molecule has 21 heavy (non-hydrogen) atoms. The van der Waals surface area contributed by atoms with Crippen molar-refractivity contribution in [1.82, 2.24) is 15.5 Å². The van der Waals surface area contributed by atoms with Crippen molar-refractivity contribution in [2.24, 2.45) is 11.3 Å². The van der Waals surface area contributed by atoms with Crippen LogP contribution in [-0.4, -0.2) is 29.2 Å². The molecule has 1 aromatic carbocycles. The van der Waals surface area contributed by atoms with Gasteiger partial charge in [0.25, 0.3) is 0 Å². The fourth-order valence-corrected chi connectivity index (χ4v) is 4.01. The minimum absolute atomic E-state index is 0.166. The van der Waals surface area contributed by atoms with Crippen molar-refractivity contribution in [3.8, 4) is 0 Å². The largest absolute Gasteiger partial charge is 0.324 e. The van der Waals surface area contributed by atoms with Crippen LogP contribution in [0.15, 0.2) is 24.4 Å². The van der Waals surface area contributed by atoms with E-state index in [0.29, 0.717) is 5.92 Å². The monoisotopic (exact) mass is 284 g/mol. The molecule has 1 aromatic heterocycles. The number of hydrogen-bond acceptors (Lipinski definition) is 3. The van der Waals surface area contributed by atoms with Crippen molar-refractivity contribution in [3.63, 3.8) is 0 Å². The molecule has 0 spiro atoms.